The van der Waals surface area contributed by atoms with Crippen LogP contribution in [0.5, 0.6) is 0 Å². The van der Waals surface area contributed by atoms with Gasteiger partial charge in [0.2, 0.25) is 47.3 Å². The average molecular weight is 1100 g/mol. The number of carbonyl (C=O) groups excluding carboxylic acids is 9. The zero-order valence-electron chi connectivity index (χ0n) is 45.0. The molecule has 5 aliphatic rings. The molecule has 5 heterocycles. The van der Waals surface area contributed by atoms with E-state index in [9.17, 15) is 53.1 Å². The highest BCUT2D eigenvalue weighted by Crippen LogP contribution is 2.48. The molecule has 80 heavy (non-hydrogen) atoms. The van der Waals surface area contributed by atoms with Gasteiger partial charge in [0.1, 0.15) is 25.2 Å². The van der Waals surface area contributed by atoms with Crippen LogP contribution < -0.4 is 37.5 Å². The van der Waals surface area contributed by atoms with Gasteiger partial charge in [0, 0.05) is 54.3 Å². The third kappa shape index (κ3) is 11.6. The van der Waals surface area contributed by atoms with E-state index in [1.54, 1.807) is 57.2 Å². The van der Waals surface area contributed by atoms with Crippen LogP contribution in [0.4, 0.5) is 4.39 Å². The van der Waals surface area contributed by atoms with Gasteiger partial charge in [-0.2, -0.15) is 0 Å². The first-order valence-corrected chi connectivity index (χ1v) is 27.3. The van der Waals surface area contributed by atoms with E-state index >= 15 is 4.39 Å². The van der Waals surface area contributed by atoms with Crippen molar-refractivity contribution in [3.8, 4) is 11.4 Å². The summed E-state index contributed by atoms with van der Waals surface area (Å²) < 4.78 is 28.2. The number of aliphatic hydroxyl groups is 1. The number of imide groups is 1. The molecule has 2 fully saturated rings. The van der Waals surface area contributed by atoms with Gasteiger partial charge >= 0.3 is 5.97 Å². The summed E-state index contributed by atoms with van der Waals surface area (Å²) in [5.74, 6) is -5.28. The number of nitrogens with one attached hydrogen (secondary N) is 6. The molecule has 1 unspecified atom stereocenters. The number of benzene rings is 2. The summed E-state index contributed by atoms with van der Waals surface area (Å²) in [6, 6.07) is 10.1. The van der Waals surface area contributed by atoms with Crippen LogP contribution in [0.25, 0.3) is 22.3 Å². The zero-order chi connectivity index (χ0) is 57.0. The monoisotopic (exact) mass is 1100 g/mol. The number of hydrogen-bond acceptors (Lipinski definition) is 14. The average Bonchev–Trinajstić information content (AvgIpc) is 3.93. The largest absolute Gasteiger partial charge is 0.458 e. The Morgan fingerprint density at radius 3 is 2.34 bits per heavy atom. The number of halogens is 1. The highest BCUT2D eigenvalue weighted by atomic mass is 19.1. The molecule has 0 bridgehead atoms. The first-order chi connectivity index (χ1) is 38.3. The molecular formula is C57H66FN9O13. The lowest BCUT2D eigenvalue weighted by Crippen LogP contribution is -2.52. The number of unbranched alkanes of at least 4 members (excludes halogenated alkanes) is 2. The van der Waals surface area contributed by atoms with Crippen LogP contribution >= 0.6 is 0 Å². The maximum atomic E-state index is 15.5. The minimum atomic E-state index is -2.04. The maximum Gasteiger partial charge on any atom is 0.343 e. The zero-order valence-corrected chi connectivity index (χ0v) is 45.0. The van der Waals surface area contributed by atoms with Crippen molar-refractivity contribution in [2.24, 2.45) is 11.3 Å². The standard InChI is InChI=1S/C57H66FN9O13/c1-4-57(78)37-22-42-50-35(27-67(42)53(75)36(37)28-80-55(57)77)49-39(16-15-34-32(3)38(58)23-40(64-50)48(34)49)65-54(76)56(17-11-18-56)29-79-30-62-45(70)25-61-51(73)41(21-33-12-7-5-8-13-33)63-46(71)26-60-44(69)24-59-43(68)14-9-6-10-19-66-47(72)20-31(2)52(66)74/h5,7-8,12-13,22-23,31,39,41,78H,4,6,9-11,14-21,24-30H2,1-3H3,(H,59,68)(H,60,69)(H,61,73)(H,62,70)(H,63,71)(H,65,76)/t31?,39-,41-,57-/m0/s1. The van der Waals surface area contributed by atoms with Crippen molar-refractivity contribution in [1.82, 2.24) is 46.4 Å². The second-order valence-corrected chi connectivity index (χ2v) is 21.5. The van der Waals surface area contributed by atoms with E-state index in [4.69, 9.17) is 14.5 Å². The summed E-state index contributed by atoms with van der Waals surface area (Å²) in [6.45, 7) is 3.40. The molecule has 4 atom stereocenters. The second kappa shape index (κ2) is 23.8. The number of amides is 8. The van der Waals surface area contributed by atoms with Crippen molar-refractivity contribution in [3.05, 3.63) is 97.6 Å². The molecule has 23 heteroatoms. The van der Waals surface area contributed by atoms with E-state index in [2.05, 4.69) is 31.9 Å². The first kappa shape index (κ1) is 56.8. The molecule has 1 saturated carbocycles. The van der Waals surface area contributed by atoms with E-state index < -0.39 is 83.7 Å². The van der Waals surface area contributed by atoms with Gasteiger partial charge < -0.3 is 51.0 Å². The molecule has 0 spiro atoms. The van der Waals surface area contributed by atoms with Crippen molar-refractivity contribution < 1.29 is 62.1 Å². The molecular weight excluding hydrogens is 1040 g/mol. The van der Waals surface area contributed by atoms with E-state index in [0.717, 1.165) is 12.0 Å². The lowest BCUT2D eigenvalue weighted by molar-refractivity contribution is -0.172. The summed E-state index contributed by atoms with van der Waals surface area (Å²) in [5.41, 5.74) is 1.26. The molecule has 2 aromatic carbocycles. The van der Waals surface area contributed by atoms with Gasteiger partial charge in [-0.05, 0) is 80.2 Å². The number of hydrogen-bond donors (Lipinski definition) is 7. The Morgan fingerprint density at radius 1 is 0.900 bits per heavy atom. The summed E-state index contributed by atoms with van der Waals surface area (Å²) in [4.78, 5) is 136. The molecule has 3 aliphatic heterocycles. The highest BCUT2D eigenvalue weighted by Gasteiger charge is 2.48. The highest BCUT2D eigenvalue weighted by molar-refractivity contribution is 6.03. The molecule has 22 nitrogen and oxygen atoms in total. The summed E-state index contributed by atoms with van der Waals surface area (Å²) >= 11 is 0. The number of rotatable bonds is 23. The van der Waals surface area contributed by atoms with Crippen LogP contribution in [0.3, 0.4) is 0 Å². The maximum absolute atomic E-state index is 15.5. The van der Waals surface area contributed by atoms with Gasteiger partial charge in [0.25, 0.3) is 5.56 Å². The number of aryl methyl sites for hydroxylation is 1. The minimum absolute atomic E-state index is 0.0389. The van der Waals surface area contributed by atoms with Gasteiger partial charge in [-0.1, -0.05) is 57.0 Å². The predicted molar refractivity (Wildman–Crippen MR) is 284 cm³/mol. The molecule has 1 saturated heterocycles. The third-order valence-corrected chi connectivity index (χ3v) is 16.2. The fraction of sp³-hybridized carbons (Fsp3) is 0.491. The minimum Gasteiger partial charge on any atom is -0.458 e. The van der Waals surface area contributed by atoms with E-state index in [1.807, 2.05) is 0 Å². The van der Waals surface area contributed by atoms with Crippen LogP contribution in [0.2, 0.25) is 0 Å². The molecule has 9 rings (SSSR count). The number of carbonyl (C=O) groups is 9. The molecule has 8 amide bonds. The van der Waals surface area contributed by atoms with Crippen molar-refractivity contribution in [2.45, 2.75) is 129 Å². The van der Waals surface area contributed by atoms with Gasteiger partial charge in [-0.3, -0.25) is 48.1 Å². The van der Waals surface area contributed by atoms with E-state index in [0.29, 0.717) is 96.0 Å². The Balaban J connectivity index is 0.756. The number of pyridine rings is 2. The number of aromatic nitrogens is 2. The Morgan fingerprint density at radius 2 is 1.62 bits per heavy atom. The first-order valence-electron chi connectivity index (χ1n) is 27.3. The van der Waals surface area contributed by atoms with Crippen molar-refractivity contribution in [3.63, 3.8) is 0 Å². The van der Waals surface area contributed by atoms with E-state index in [-0.39, 0.29) is 92.8 Å². The van der Waals surface area contributed by atoms with Crippen LogP contribution in [-0.2, 0) is 84.2 Å². The number of nitrogens with zero attached hydrogens (tertiary/aromatic N) is 3. The van der Waals surface area contributed by atoms with Gasteiger partial charge in [0.15, 0.2) is 5.60 Å². The van der Waals surface area contributed by atoms with E-state index in [1.165, 1.54) is 15.5 Å². The van der Waals surface area contributed by atoms with Gasteiger partial charge in [0.05, 0.1) is 66.7 Å². The lowest BCUT2D eigenvalue weighted by atomic mass is 9.68. The Hall–Kier alpha value is -7.92. The molecule has 7 N–H and O–H groups in total. The SMILES string of the molecule is CC[C@@]1(O)C(=O)OCc2c1cc1n(c2=O)Cc2c-1nc1cc(F)c(C)c3c1c2[C@@H](NC(=O)C1(COCNC(=O)CNC(=O)[C@H](Cc2ccccc2)NC(=O)CNC(=O)CNC(=O)CCCCCN2C(=O)CC(C)C2=O)CCC1)CC3. The number of esters is 1. The van der Waals surface area contributed by atoms with Gasteiger partial charge in [-0.25, -0.2) is 14.2 Å². The molecule has 0 radical (unpaired) electrons. The van der Waals surface area contributed by atoms with Crippen molar-refractivity contribution in [2.75, 3.05) is 39.5 Å². The van der Waals surface area contributed by atoms with Crippen molar-refractivity contribution >= 4 is 64.1 Å². The van der Waals surface area contributed by atoms with Crippen LogP contribution in [0, 0.1) is 24.1 Å². The third-order valence-electron chi connectivity index (χ3n) is 16.2. The molecule has 424 valence electrons. The van der Waals surface area contributed by atoms with Crippen molar-refractivity contribution in [1.29, 1.82) is 0 Å². The second-order valence-electron chi connectivity index (χ2n) is 21.5. The normalized spacial score (nSPS) is 19.7. The fourth-order valence-corrected chi connectivity index (χ4v) is 11.4. The smallest absolute Gasteiger partial charge is 0.343 e. The summed E-state index contributed by atoms with van der Waals surface area (Å²) in [5, 5.41) is 28.0. The lowest BCUT2D eigenvalue weighted by Gasteiger charge is -2.41. The Bertz CT molecular complexity index is 3250. The van der Waals surface area contributed by atoms with Crippen LogP contribution in [0.1, 0.15) is 123 Å². The molecule has 2 aliphatic carbocycles. The quantitative estimate of drug-likeness (QED) is 0.0213. The van der Waals surface area contributed by atoms with Crippen LogP contribution in [-0.4, -0.2) is 118 Å². The van der Waals surface area contributed by atoms with Gasteiger partial charge in [-0.15, -0.1) is 0 Å². The number of likely N-dealkylation sites (tertiary alicyclic amines) is 1. The van der Waals surface area contributed by atoms with Crippen LogP contribution in [0.15, 0.2) is 47.3 Å². The summed E-state index contributed by atoms with van der Waals surface area (Å²) in [6.07, 6.45) is 4.59. The number of cyclic esters (lactones) is 1. The fourth-order valence-electron chi connectivity index (χ4n) is 11.4. The predicted octanol–water partition coefficient (Wildman–Crippen LogP) is 1.92. The topological polar surface area (TPSA) is 303 Å². The summed E-state index contributed by atoms with van der Waals surface area (Å²) in [7, 11) is 0. The molecule has 4 aromatic rings. The molecule has 2 aromatic heterocycles. The Kier molecular flexibility index (Phi) is 16.9. The Labute approximate surface area is 459 Å². The number of ether oxygens (including phenoxy) is 2. The number of fused-ring (bicyclic) bond motifs is 5.